The molecule has 7 heteroatoms. The Balaban J connectivity index is 1.66. The van der Waals surface area contributed by atoms with Crippen molar-refractivity contribution in [2.75, 3.05) is 19.6 Å². The quantitative estimate of drug-likeness (QED) is 0.686. The predicted octanol–water partition coefficient (Wildman–Crippen LogP) is 4.22. The van der Waals surface area contributed by atoms with Crippen LogP contribution in [-0.2, 0) is 11.3 Å². The number of hydrogen-bond acceptors (Lipinski definition) is 3. The van der Waals surface area contributed by atoms with E-state index in [0.717, 1.165) is 50.0 Å². The molecule has 0 aliphatic heterocycles. The number of amides is 1. The summed E-state index contributed by atoms with van der Waals surface area (Å²) in [5.74, 6) is 0.504. The van der Waals surface area contributed by atoms with Gasteiger partial charge < -0.3 is 9.32 Å². The molecule has 0 aromatic carbocycles. The Hall–Kier alpha value is -1.50. The molecule has 0 unspecified atom stereocenters. The van der Waals surface area contributed by atoms with Crippen LogP contribution >= 0.6 is 0 Å². The summed E-state index contributed by atoms with van der Waals surface area (Å²) in [6, 6.07) is 3.54. The van der Waals surface area contributed by atoms with Crippen molar-refractivity contribution < 1.29 is 22.4 Å². The zero-order chi connectivity index (χ0) is 18.6. The van der Waals surface area contributed by atoms with Crippen LogP contribution in [0, 0.1) is 5.92 Å². The van der Waals surface area contributed by atoms with E-state index < -0.39 is 18.6 Å². The van der Waals surface area contributed by atoms with Gasteiger partial charge in [0.2, 0.25) is 5.91 Å². The van der Waals surface area contributed by atoms with Crippen LogP contribution in [0.4, 0.5) is 13.2 Å². The van der Waals surface area contributed by atoms with Crippen LogP contribution in [0.25, 0.3) is 0 Å². The molecule has 2 aliphatic carbocycles. The van der Waals surface area contributed by atoms with Crippen LogP contribution in [0.2, 0.25) is 0 Å². The Bertz CT molecular complexity index is 564. The molecule has 0 atom stereocenters. The molecule has 1 aromatic rings. The highest BCUT2D eigenvalue weighted by Crippen LogP contribution is 2.32. The van der Waals surface area contributed by atoms with Gasteiger partial charge in [0.15, 0.2) is 0 Å². The molecule has 1 aromatic heterocycles. The van der Waals surface area contributed by atoms with Crippen LogP contribution in [0.5, 0.6) is 0 Å². The summed E-state index contributed by atoms with van der Waals surface area (Å²) in [5, 5.41) is 0. The maximum absolute atomic E-state index is 13.0. The lowest BCUT2D eigenvalue weighted by atomic mass is 9.94. The van der Waals surface area contributed by atoms with Gasteiger partial charge in [0.25, 0.3) is 0 Å². The second kappa shape index (κ2) is 8.46. The molecule has 26 heavy (non-hydrogen) atoms. The smallest absolute Gasteiger partial charge is 0.406 e. The van der Waals surface area contributed by atoms with E-state index in [1.54, 1.807) is 12.1 Å². The minimum Gasteiger partial charge on any atom is -0.467 e. The molecule has 1 heterocycles. The van der Waals surface area contributed by atoms with E-state index in [2.05, 4.69) is 4.90 Å². The highest BCUT2D eigenvalue weighted by molar-refractivity contribution is 5.78. The molecular formula is C19H27F3N2O2. The summed E-state index contributed by atoms with van der Waals surface area (Å²) < 4.78 is 44.1. The van der Waals surface area contributed by atoms with Gasteiger partial charge in [-0.2, -0.15) is 13.2 Å². The average Bonchev–Trinajstić information content (AvgIpc) is 3.26. The third kappa shape index (κ3) is 6.04. The predicted molar refractivity (Wildman–Crippen MR) is 91.4 cm³/mol. The number of hydrogen-bond donors (Lipinski definition) is 0. The zero-order valence-corrected chi connectivity index (χ0v) is 15.0. The topological polar surface area (TPSA) is 36.7 Å². The van der Waals surface area contributed by atoms with Crippen molar-refractivity contribution in [1.29, 1.82) is 0 Å². The molecule has 4 nitrogen and oxygen atoms in total. The van der Waals surface area contributed by atoms with Gasteiger partial charge >= 0.3 is 6.18 Å². The second-order valence-electron chi connectivity index (χ2n) is 7.61. The van der Waals surface area contributed by atoms with E-state index in [0.29, 0.717) is 17.7 Å². The van der Waals surface area contributed by atoms with E-state index in [1.165, 1.54) is 12.7 Å². The lowest BCUT2D eigenvalue weighted by Gasteiger charge is -2.35. The maximum Gasteiger partial charge on any atom is 0.406 e. The third-order valence-corrected chi connectivity index (χ3v) is 5.27. The summed E-state index contributed by atoms with van der Waals surface area (Å²) in [7, 11) is 0. The van der Waals surface area contributed by atoms with E-state index >= 15 is 0 Å². The summed E-state index contributed by atoms with van der Waals surface area (Å²) in [5.41, 5.74) is 0. The van der Waals surface area contributed by atoms with Crippen LogP contribution in [0.1, 0.15) is 50.7 Å². The van der Waals surface area contributed by atoms with Crippen LogP contribution in [0.3, 0.4) is 0 Å². The molecule has 2 fully saturated rings. The first kappa shape index (κ1) is 19.3. The van der Waals surface area contributed by atoms with Gasteiger partial charge in [0.05, 0.1) is 19.4 Å². The van der Waals surface area contributed by atoms with Crippen molar-refractivity contribution in [1.82, 2.24) is 9.80 Å². The second-order valence-corrected chi connectivity index (χ2v) is 7.61. The third-order valence-electron chi connectivity index (χ3n) is 5.27. The summed E-state index contributed by atoms with van der Waals surface area (Å²) in [4.78, 5) is 15.8. The summed E-state index contributed by atoms with van der Waals surface area (Å²) in [6.07, 6.45) is 4.88. The molecule has 0 radical (unpaired) electrons. The monoisotopic (exact) mass is 372 g/mol. The number of alkyl halides is 3. The summed E-state index contributed by atoms with van der Waals surface area (Å²) >= 11 is 0. The number of carbonyl (C=O) groups is 1. The Morgan fingerprint density at radius 1 is 1.15 bits per heavy atom. The Labute approximate surface area is 152 Å². The molecule has 0 bridgehead atoms. The highest BCUT2D eigenvalue weighted by atomic mass is 19.4. The number of carbonyl (C=O) groups excluding carboxylic acids is 1. The maximum atomic E-state index is 13.0. The van der Waals surface area contributed by atoms with Crippen LogP contribution < -0.4 is 0 Å². The molecule has 0 saturated heterocycles. The molecule has 0 spiro atoms. The number of halogens is 3. The van der Waals surface area contributed by atoms with Gasteiger partial charge in [-0.3, -0.25) is 9.69 Å². The first-order valence-corrected chi connectivity index (χ1v) is 9.51. The normalized spacial score (nSPS) is 19.1. The fourth-order valence-electron chi connectivity index (χ4n) is 3.73. The number of nitrogens with zero attached hydrogens (tertiary/aromatic N) is 2. The van der Waals surface area contributed by atoms with Gasteiger partial charge in [-0.15, -0.1) is 0 Å². The van der Waals surface area contributed by atoms with Crippen molar-refractivity contribution in [3.8, 4) is 0 Å². The van der Waals surface area contributed by atoms with E-state index in [9.17, 15) is 18.0 Å². The Morgan fingerprint density at radius 2 is 1.88 bits per heavy atom. The lowest BCUT2D eigenvalue weighted by Crippen LogP contribution is -2.48. The SMILES string of the molecule is O=C(CN(CC1CC1)C1CCCCC1)N(Cc1ccco1)CC(F)(F)F. The Morgan fingerprint density at radius 3 is 2.46 bits per heavy atom. The minimum absolute atomic E-state index is 0.0674. The largest absolute Gasteiger partial charge is 0.467 e. The minimum atomic E-state index is -4.42. The fraction of sp³-hybridized carbons (Fsp3) is 0.737. The molecule has 3 rings (SSSR count). The van der Waals surface area contributed by atoms with Crippen molar-refractivity contribution >= 4 is 5.91 Å². The highest BCUT2D eigenvalue weighted by Gasteiger charge is 2.36. The van der Waals surface area contributed by atoms with Gasteiger partial charge in [0.1, 0.15) is 12.3 Å². The molecular weight excluding hydrogens is 345 g/mol. The molecule has 1 amide bonds. The zero-order valence-electron chi connectivity index (χ0n) is 15.0. The molecule has 2 aliphatic rings. The number of rotatable bonds is 8. The molecule has 2 saturated carbocycles. The van der Waals surface area contributed by atoms with Crippen molar-refractivity contribution in [3.05, 3.63) is 24.2 Å². The molecule has 146 valence electrons. The van der Waals surface area contributed by atoms with E-state index in [1.807, 2.05) is 0 Å². The van der Waals surface area contributed by atoms with Gasteiger partial charge in [-0.25, -0.2) is 0 Å². The summed E-state index contributed by atoms with van der Waals surface area (Å²) in [6.45, 7) is -0.489. The lowest BCUT2D eigenvalue weighted by molar-refractivity contribution is -0.163. The Kier molecular flexibility index (Phi) is 6.27. The van der Waals surface area contributed by atoms with Crippen LogP contribution in [0.15, 0.2) is 22.8 Å². The van der Waals surface area contributed by atoms with Gasteiger partial charge in [0, 0.05) is 12.6 Å². The molecule has 0 N–H and O–H groups in total. The first-order chi connectivity index (χ1) is 12.4. The van der Waals surface area contributed by atoms with Crippen molar-refractivity contribution in [2.24, 2.45) is 5.92 Å². The standard InChI is InChI=1S/C19H27F3N2O2/c20-19(21,22)14-24(12-17-7-4-10-26-17)18(25)13-23(11-15-8-9-15)16-5-2-1-3-6-16/h4,7,10,15-16H,1-3,5-6,8-9,11-14H2. The average molecular weight is 372 g/mol. The van der Waals surface area contributed by atoms with Crippen molar-refractivity contribution in [2.45, 2.75) is 63.7 Å². The van der Waals surface area contributed by atoms with E-state index in [-0.39, 0.29) is 13.1 Å². The van der Waals surface area contributed by atoms with Gasteiger partial charge in [-0.05, 0) is 43.7 Å². The first-order valence-electron chi connectivity index (χ1n) is 9.51. The van der Waals surface area contributed by atoms with Crippen LogP contribution in [-0.4, -0.2) is 47.6 Å². The number of furan rings is 1. The van der Waals surface area contributed by atoms with E-state index in [4.69, 9.17) is 4.42 Å². The van der Waals surface area contributed by atoms with Gasteiger partial charge in [-0.1, -0.05) is 19.3 Å². The fourth-order valence-corrected chi connectivity index (χ4v) is 3.73. The van der Waals surface area contributed by atoms with Crippen molar-refractivity contribution in [3.63, 3.8) is 0 Å².